The lowest BCUT2D eigenvalue weighted by Crippen LogP contribution is -2.45. The molecule has 2 atom stereocenters. The number of likely N-dealkylation sites (N-methyl/N-ethyl adjacent to an activating group) is 1. The number of carbonyl (C=O) groups is 1. The molecular formula is C21H37Cl3N4O. The van der Waals surface area contributed by atoms with E-state index in [0.29, 0.717) is 19.0 Å². The van der Waals surface area contributed by atoms with E-state index in [1.807, 2.05) is 0 Å². The second-order valence-electron chi connectivity index (χ2n) is 7.73. The van der Waals surface area contributed by atoms with Crippen molar-refractivity contribution in [3.63, 3.8) is 0 Å². The van der Waals surface area contributed by atoms with Gasteiger partial charge < -0.3 is 16.0 Å². The summed E-state index contributed by atoms with van der Waals surface area (Å²) in [5.74, 6) is 0.652. The fourth-order valence-electron chi connectivity index (χ4n) is 4.37. The number of piperazine rings is 1. The van der Waals surface area contributed by atoms with Crippen molar-refractivity contribution in [2.24, 2.45) is 17.6 Å². The van der Waals surface area contributed by atoms with Crippen LogP contribution in [0.3, 0.4) is 0 Å². The Morgan fingerprint density at radius 2 is 1.66 bits per heavy atom. The first kappa shape index (κ1) is 28.4. The van der Waals surface area contributed by atoms with Gasteiger partial charge in [-0.2, -0.15) is 0 Å². The lowest BCUT2D eigenvalue weighted by atomic mass is 9.95. The minimum atomic E-state index is 0. The van der Waals surface area contributed by atoms with Crippen molar-refractivity contribution in [2.75, 3.05) is 39.3 Å². The van der Waals surface area contributed by atoms with E-state index >= 15 is 0 Å². The third-order valence-electron chi connectivity index (χ3n) is 6.18. The molecule has 3 rings (SSSR count). The van der Waals surface area contributed by atoms with Gasteiger partial charge in [0.25, 0.3) is 0 Å². The maximum absolute atomic E-state index is 12.6. The molecule has 1 aromatic rings. The van der Waals surface area contributed by atoms with Crippen LogP contribution in [-0.4, -0.2) is 55.0 Å². The van der Waals surface area contributed by atoms with Gasteiger partial charge in [0, 0.05) is 45.2 Å². The molecule has 1 saturated heterocycles. The number of hydrogen-bond acceptors (Lipinski definition) is 4. The molecule has 0 radical (unpaired) electrons. The van der Waals surface area contributed by atoms with Crippen LogP contribution in [0.15, 0.2) is 24.3 Å². The van der Waals surface area contributed by atoms with Crippen LogP contribution in [0.25, 0.3) is 0 Å². The van der Waals surface area contributed by atoms with E-state index < -0.39 is 0 Å². The Labute approximate surface area is 194 Å². The van der Waals surface area contributed by atoms with Gasteiger partial charge in [0.2, 0.25) is 5.91 Å². The van der Waals surface area contributed by atoms with E-state index in [-0.39, 0.29) is 49.0 Å². The van der Waals surface area contributed by atoms with Gasteiger partial charge in [0.15, 0.2) is 0 Å². The highest BCUT2D eigenvalue weighted by molar-refractivity contribution is 5.86. The molecule has 1 aromatic carbocycles. The molecule has 0 aromatic heterocycles. The normalized spacial score (nSPS) is 22.1. The Kier molecular flexibility index (Phi) is 14.2. The van der Waals surface area contributed by atoms with Gasteiger partial charge >= 0.3 is 0 Å². The predicted molar refractivity (Wildman–Crippen MR) is 127 cm³/mol. The van der Waals surface area contributed by atoms with Crippen molar-refractivity contribution in [3.05, 3.63) is 35.4 Å². The van der Waals surface area contributed by atoms with Gasteiger partial charge in [-0.15, -0.1) is 37.2 Å². The first-order valence-corrected chi connectivity index (χ1v) is 10.2. The summed E-state index contributed by atoms with van der Waals surface area (Å²) in [4.78, 5) is 17.6. The van der Waals surface area contributed by atoms with E-state index in [0.717, 1.165) is 58.5 Å². The van der Waals surface area contributed by atoms with Crippen molar-refractivity contribution >= 4 is 43.1 Å². The van der Waals surface area contributed by atoms with Crippen LogP contribution >= 0.6 is 37.2 Å². The van der Waals surface area contributed by atoms with Gasteiger partial charge in [0.05, 0.1) is 0 Å². The molecule has 2 fully saturated rings. The van der Waals surface area contributed by atoms with E-state index in [2.05, 4.69) is 46.3 Å². The van der Waals surface area contributed by atoms with Crippen LogP contribution in [0.4, 0.5) is 0 Å². The Bertz CT molecular complexity index is 597. The number of benzene rings is 1. The minimum absolute atomic E-state index is 0. The second kappa shape index (κ2) is 14.4. The van der Waals surface area contributed by atoms with Gasteiger partial charge in [-0.1, -0.05) is 37.6 Å². The second-order valence-corrected chi connectivity index (χ2v) is 7.73. The predicted octanol–water partition coefficient (Wildman–Crippen LogP) is 3.08. The topological polar surface area (TPSA) is 61.6 Å². The maximum Gasteiger partial charge on any atom is 0.223 e. The zero-order chi connectivity index (χ0) is 18.4. The summed E-state index contributed by atoms with van der Waals surface area (Å²) in [6.45, 7) is 10.1. The lowest BCUT2D eigenvalue weighted by Gasteiger charge is -2.34. The summed E-state index contributed by atoms with van der Waals surface area (Å²) >= 11 is 0. The first-order valence-electron chi connectivity index (χ1n) is 10.2. The van der Waals surface area contributed by atoms with Crippen molar-refractivity contribution < 1.29 is 4.79 Å². The summed E-state index contributed by atoms with van der Waals surface area (Å²) in [5.41, 5.74) is 8.40. The SMILES string of the molecule is CCN1CCN(Cc2ccccc2CNC(=O)[C@@H]2CCC[C@@H]2CN)CC1.Cl.Cl.Cl. The molecule has 1 heterocycles. The smallest absolute Gasteiger partial charge is 0.223 e. The third-order valence-corrected chi connectivity index (χ3v) is 6.18. The van der Waals surface area contributed by atoms with Crippen molar-refractivity contribution in [1.29, 1.82) is 0 Å². The summed E-state index contributed by atoms with van der Waals surface area (Å²) in [5, 5.41) is 3.18. The zero-order valence-corrected chi connectivity index (χ0v) is 19.8. The molecule has 168 valence electrons. The largest absolute Gasteiger partial charge is 0.352 e. The number of carbonyl (C=O) groups excluding carboxylic acids is 1. The zero-order valence-electron chi connectivity index (χ0n) is 17.3. The number of halogens is 3. The molecule has 2 aliphatic rings. The Morgan fingerprint density at radius 3 is 2.28 bits per heavy atom. The number of nitrogens with zero attached hydrogens (tertiary/aromatic N) is 2. The summed E-state index contributed by atoms with van der Waals surface area (Å²) in [6, 6.07) is 8.52. The molecule has 29 heavy (non-hydrogen) atoms. The molecule has 8 heteroatoms. The first-order chi connectivity index (χ1) is 12.7. The van der Waals surface area contributed by atoms with E-state index in [4.69, 9.17) is 5.73 Å². The van der Waals surface area contributed by atoms with Gasteiger partial charge in [-0.05, 0) is 43.0 Å². The molecule has 0 bridgehead atoms. The molecule has 0 unspecified atom stereocenters. The van der Waals surface area contributed by atoms with Gasteiger partial charge in [-0.3, -0.25) is 9.69 Å². The van der Waals surface area contributed by atoms with Crippen LogP contribution in [0, 0.1) is 11.8 Å². The summed E-state index contributed by atoms with van der Waals surface area (Å²) in [6.07, 6.45) is 3.20. The molecular weight excluding hydrogens is 431 g/mol. The lowest BCUT2D eigenvalue weighted by molar-refractivity contribution is -0.126. The maximum atomic E-state index is 12.6. The molecule has 3 N–H and O–H groups in total. The molecule has 0 spiro atoms. The Hall–Kier alpha value is -0.560. The van der Waals surface area contributed by atoms with E-state index in [1.54, 1.807) is 0 Å². The van der Waals surface area contributed by atoms with Gasteiger partial charge in [0.1, 0.15) is 0 Å². The fraction of sp³-hybridized carbons (Fsp3) is 0.667. The molecule has 5 nitrogen and oxygen atoms in total. The number of amides is 1. The molecule has 1 aliphatic heterocycles. The third kappa shape index (κ3) is 7.89. The highest BCUT2D eigenvalue weighted by Crippen LogP contribution is 2.31. The van der Waals surface area contributed by atoms with Crippen LogP contribution in [0.5, 0.6) is 0 Å². The summed E-state index contributed by atoms with van der Waals surface area (Å²) in [7, 11) is 0. The Morgan fingerprint density at radius 1 is 1.03 bits per heavy atom. The fourth-order valence-corrected chi connectivity index (χ4v) is 4.37. The Balaban J connectivity index is 0.00000261. The quantitative estimate of drug-likeness (QED) is 0.647. The molecule has 1 aliphatic carbocycles. The van der Waals surface area contributed by atoms with Crippen LogP contribution < -0.4 is 11.1 Å². The number of nitrogens with one attached hydrogen (secondary N) is 1. The number of nitrogens with two attached hydrogens (primary N) is 1. The number of hydrogen-bond donors (Lipinski definition) is 2. The highest BCUT2D eigenvalue weighted by Gasteiger charge is 2.31. The van der Waals surface area contributed by atoms with Crippen LogP contribution in [0.1, 0.15) is 37.3 Å². The standard InChI is InChI=1S/C21H34N4O.3ClH/c1-2-24-10-12-25(13-11-24)16-19-7-4-3-6-18(19)15-23-21(26)20-9-5-8-17(20)14-22;;;/h3-4,6-7,17,20H,2,5,8-16,22H2,1H3,(H,23,26);3*1H/t17-,20-;;;/m1.../s1. The highest BCUT2D eigenvalue weighted by atomic mass is 35.5. The van der Waals surface area contributed by atoms with Crippen LogP contribution in [-0.2, 0) is 17.9 Å². The van der Waals surface area contributed by atoms with Gasteiger partial charge in [-0.25, -0.2) is 0 Å². The van der Waals surface area contributed by atoms with Crippen molar-refractivity contribution in [2.45, 2.75) is 39.3 Å². The monoisotopic (exact) mass is 466 g/mol. The number of rotatable bonds is 7. The van der Waals surface area contributed by atoms with Crippen molar-refractivity contribution in [3.8, 4) is 0 Å². The van der Waals surface area contributed by atoms with Crippen LogP contribution in [0.2, 0.25) is 0 Å². The average Bonchev–Trinajstić information content (AvgIpc) is 3.16. The molecule has 1 saturated carbocycles. The minimum Gasteiger partial charge on any atom is -0.352 e. The van der Waals surface area contributed by atoms with E-state index in [1.165, 1.54) is 11.1 Å². The van der Waals surface area contributed by atoms with E-state index in [9.17, 15) is 4.79 Å². The average molecular weight is 468 g/mol. The summed E-state index contributed by atoms with van der Waals surface area (Å²) < 4.78 is 0. The van der Waals surface area contributed by atoms with Crippen molar-refractivity contribution in [1.82, 2.24) is 15.1 Å². The molecule has 1 amide bonds.